The van der Waals surface area contributed by atoms with Crippen LogP contribution in [0.5, 0.6) is 0 Å². The Balaban J connectivity index is 1.42. The third kappa shape index (κ3) is 3.90. The molecule has 1 fully saturated rings. The van der Waals surface area contributed by atoms with Gasteiger partial charge in [0, 0.05) is 12.6 Å². The van der Waals surface area contributed by atoms with E-state index in [9.17, 15) is 9.18 Å². The van der Waals surface area contributed by atoms with Crippen LogP contribution in [0.3, 0.4) is 0 Å². The van der Waals surface area contributed by atoms with Crippen molar-refractivity contribution in [2.24, 2.45) is 0 Å². The van der Waals surface area contributed by atoms with Crippen molar-refractivity contribution in [3.05, 3.63) is 54.4 Å². The lowest BCUT2D eigenvalue weighted by Crippen LogP contribution is -2.46. The Bertz CT molecular complexity index is 908. The van der Waals surface area contributed by atoms with Gasteiger partial charge in [0.2, 0.25) is 5.95 Å². The van der Waals surface area contributed by atoms with E-state index in [1.54, 1.807) is 0 Å². The number of halogens is 1. The summed E-state index contributed by atoms with van der Waals surface area (Å²) in [4.78, 5) is 26.1. The molecule has 0 spiro atoms. The molecule has 0 bridgehead atoms. The lowest BCUT2D eigenvalue weighted by molar-refractivity contribution is 0.153. The average molecular weight is 368 g/mol. The topological polar surface area (TPSA) is 85.9 Å². The highest BCUT2D eigenvalue weighted by atomic mass is 19.1. The lowest BCUT2D eigenvalue weighted by atomic mass is 9.97. The number of likely N-dealkylation sites (tertiary alicyclic amines) is 1. The first-order valence-electron chi connectivity index (χ1n) is 8.92. The summed E-state index contributed by atoms with van der Waals surface area (Å²) in [6, 6.07) is 10.4. The first kappa shape index (κ1) is 17.4. The Hall–Kier alpha value is -3.00. The van der Waals surface area contributed by atoms with Crippen LogP contribution in [0, 0.1) is 5.95 Å². The van der Waals surface area contributed by atoms with Crippen molar-refractivity contribution in [1.29, 1.82) is 0 Å². The maximum absolute atomic E-state index is 12.9. The predicted octanol–water partition coefficient (Wildman–Crippen LogP) is 3.05. The molecule has 7 nitrogen and oxygen atoms in total. The molecule has 140 valence electrons. The summed E-state index contributed by atoms with van der Waals surface area (Å²) < 4.78 is 12.9. The largest absolute Gasteiger partial charge is 0.341 e. The van der Waals surface area contributed by atoms with E-state index in [1.807, 2.05) is 24.3 Å². The summed E-state index contributed by atoms with van der Waals surface area (Å²) in [7, 11) is 2.07. The second-order valence-electron chi connectivity index (χ2n) is 6.82. The van der Waals surface area contributed by atoms with E-state index in [0.717, 1.165) is 36.2 Å². The number of para-hydroxylation sites is 2. The second kappa shape index (κ2) is 7.32. The number of hydrogen-bond donors (Lipinski definition) is 3. The average Bonchev–Trinajstić information content (AvgIpc) is 3.09. The maximum Gasteiger partial charge on any atom is 0.319 e. The van der Waals surface area contributed by atoms with Gasteiger partial charge in [-0.2, -0.15) is 4.39 Å². The van der Waals surface area contributed by atoms with Gasteiger partial charge in [0.1, 0.15) is 5.82 Å². The van der Waals surface area contributed by atoms with Crippen LogP contribution >= 0.6 is 0 Å². The van der Waals surface area contributed by atoms with Crippen LogP contribution in [0.2, 0.25) is 0 Å². The van der Waals surface area contributed by atoms with E-state index < -0.39 is 5.95 Å². The SMILES string of the molecule is CN1CC[C@@H](NC(=O)Nc2ccc(F)nc2)C[C@@H]1c1nc2ccccc2[nH]1. The van der Waals surface area contributed by atoms with E-state index in [-0.39, 0.29) is 18.1 Å². The van der Waals surface area contributed by atoms with Gasteiger partial charge in [-0.25, -0.2) is 14.8 Å². The fourth-order valence-electron chi connectivity index (χ4n) is 3.47. The zero-order chi connectivity index (χ0) is 18.8. The normalized spacial score (nSPS) is 20.5. The second-order valence-corrected chi connectivity index (χ2v) is 6.82. The Labute approximate surface area is 156 Å². The minimum absolute atomic E-state index is 0.0211. The van der Waals surface area contributed by atoms with E-state index in [2.05, 4.69) is 32.5 Å². The number of nitrogens with one attached hydrogen (secondary N) is 3. The Morgan fingerprint density at radius 3 is 2.93 bits per heavy atom. The molecule has 2 amide bonds. The van der Waals surface area contributed by atoms with Crippen molar-refractivity contribution >= 4 is 22.8 Å². The molecule has 0 aliphatic carbocycles. The molecule has 0 saturated carbocycles. The van der Waals surface area contributed by atoms with Crippen LogP contribution in [0.1, 0.15) is 24.7 Å². The van der Waals surface area contributed by atoms with Crippen LogP contribution < -0.4 is 10.6 Å². The van der Waals surface area contributed by atoms with Gasteiger partial charge in [-0.05, 0) is 44.2 Å². The molecule has 8 heteroatoms. The van der Waals surface area contributed by atoms with Gasteiger partial charge in [0.25, 0.3) is 0 Å². The first-order valence-corrected chi connectivity index (χ1v) is 8.92. The number of aromatic nitrogens is 3. The summed E-state index contributed by atoms with van der Waals surface area (Å²) in [5.41, 5.74) is 2.41. The number of benzene rings is 1. The number of hydrogen-bond acceptors (Lipinski definition) is 4. The summed E-state index contributed by atoms with van der Waals surface area (Å²) in [6.45, 7) is 0.852. The summed E-state index contributed by atoms with van der Waals surface area (Å²) in [5.74, 6) is 0.332. The highest BCUT2D eigenvalue weighted by Crippen LogP contribution is 2.29. The third-order valence-electron chi connectivity index (χ3n) is 4.91. The number of amides is 2. The number of urea groups is 1. The third-order valence-corrected chi connectivity index (χ3v) is 4.91. The molecule has 4 rings (SSSR count). The molecule has 3 N–H and O–H groups in total. The van der Waals surface area contributed by atoms with Gasteiger partial charge in [-0.15, -0.1) is 0 Å². The number of aromatic amines is 1. The fraction of sp³-hybridized carbons (Fsp3) is 0.316. The minimum atomic E-state index is -0.579. The van der Waals surface area contributed by atoms with Crippen molar-refractivity contribution in [2.45, 2.75) is 24.9 Å². The van der Waals surface area contributed by atoms with Crippen LogP contribution in [0.4, 0.5) is 14.9 Å². The van der Waals surface area contributed by atoms with Crippen LogP contribution in [0.15, 0.2) is 42.6 Å². The number of pyridine rings is 1. The minimum Gasteiger partial charge on any atom is -0.341 e. The van der Waals surface area contributed by atoms with Crippen molar-refractivity contribution in [2.75, 3.05) is 18.9 Å². The zero-order valence-corrected chi connectivity index (χ0v) is 14.9. The Morgan fingerprint density at radius 2 is 2.15 bits per heavy atom. The zero-order valence-electron chi connectivity index (χ0n) is 14.9. The number of carbonyl (C=O) groups is 1. The van der Waals surface area contributed by atoms with Crippen molar-refractivity contribution in [1.82, 2.24) is 25.2 Å². The molecule has 2 aromatic heterocycles. The first-order chi connectivity index (χ1) is 13.1. The summed E-state index contributed by atoms with van der Waals surface area (Å²) in [5, 5.41) is 5.68. The molecule has 1 aliphatic rings. The summed E-state index contributed by atoms with van der Waals surface area (Å²) >= 11 is 0. The highest BCUT2D eigenvalue weighted by Gasteiger charge is 2.30. The molecule has 1 aromatic carbocycles. The monoisotopic (exact) mass is 368 g/mol. The number of fused-ring (bicyclic) bond motifs is 1. The van der Waals surface area contributed by atoms with Gasteiger partial charge in [0.15, 0.2) is 0 Å². The van der Waals surface area contributed by atoms with Crippen molar-refractivity contribution < 1.29 is 9.18 Å². The van der Waals surface area contributed by atoms with Gasteiger partial charge in [0.05, 0.1) is 29.0 Å². The van der Waals surface area contributed by atoms with Crippen molar-refractivity contribution in [3.8, 4) is 0 Å². The van der Waals surface area contributed by atoms with Crippen molar-refractivity contribution in [3.63, 3.8) is 0 Å². The standard InChI is InChI=1S/C19H21FN6O/c1-26-9-8-12(22-19(27)23-13-6-7-17(20)21-11-13)10-16(26)18-24-14-4-2-3-5-15(14)25-18/h2-7,11-12,16H,8-10H2,1H3,(H,24,25)(H2,22,23,27)/t12-,16-/m1/s1. The number of anilines is 1. The molecular weight excluding hydrogens is 347 g/mol. The molecule has 0 unspecified atom stereocenters. The molecule has 2 atom stereocenters. The van der Waals surface area contributed by atoms with Crippen LogP contribution in [0.25, 0.3) is 11.0 Å². The van der Waals surface area contributed by atoms with E-state index in [4.69, 9.17) is 4.98 Å². The molecule has 0 radical (unpaired) electrons. The molecule has 1 aliphatic heterocycles. The number of nitrogens with zero attached hydrogens (tertiary/aromatic N) is 3. The fourth-order valence-corrected chi connectivity index (χ4v) is 3.47. The van der Waals surface area contributed by atoms with E-state index >= 15 is 0 Å². The number of H-pyrrole nitrogens is 1. The van der Waals surface area contributed by atoms with Gasteiger partial charge >= 0.3 is 6.03 Å². The quantitative estimate of drug-likeness (QED) is 0.620. The number of rotatable bonds is 3. The number of carbonyl (C=O) groups excluding carboxylic acids is 1. The summed E-state index contributed by atoms with van der Waals surface area (Å²) in [6.07, 6.45) is 2.90. The van der Waals surface area contributed by atoms with Gasteiger partial charge in [-0.3, -0.25) is 4.90 Å². The van der Waals surface area contributed by atoms with Gasteiger partial charge in [-0.1, -0.05) is 12.1 Å². The predicted molar refractivity (Wildman–Crippen MR) is 101 cm³/mol. The number of piperidine rings is 1. The van der Waals surface area contributed by atoms with Crippen LogP contribution in [-0.2, 0) is 0 Å². The molecule has 27 heavy (non-hydrogen) atoms. The molecule has 3 aromatic rings. The van der Waals surface area contributed by atoms with Crippen LogP contribution in [-0.4, -0.2) is 45.5 Å². The van der Waals surface area contributed by atoms with E-state index in [0.29, 0.717) is 5.69 Å². The number of imidazole rings is 1. The Morgan fingerprint density at radius 1 is 1.30 bits per heavy atom. The highest BCUT2D eigenvalue weighted by molar-refractivity contribution is 5.89. The Kier molecular flexibility index (Phi) is 4.72. The lowest BCUT2D eigenvalue weighted by Gasteiger charge is -2.36. The molecule has 3 heterocycles. The molecular formula is C19H21FN6O. The molecule has 1 saturated heterocycles. The smallest absolute Gasteiger partial charge is 0.319 e. The van der Waals surface area contributed by atoms with Gasteiger partial charge < -0.3 is 15.6 Å². The van der Waals surface area contributed by atoms with E-state index in [1.165, 1.54) is 18.3 Å². The maximum atomic E-state index is 12.9.